The van der Waals surface area contributed by atoms with Crippen molar-refractivity contribution in [3.05, 3.63) is 66.7 Å². The molecule has 4 heteroatoms. The van der Waals surface area contributed by atoms with Crippen molar-refractivity contribution in [1.29, 1.82) is 0 Å². The van der Waals surface area contributed by atoms with E-state index in [1.54, 1.807) is 6.20 Å². The molecule has 0 saturated heterocycles. The molecule has 3 aromatic rings. The minimum absolute atomic E-state index is 0.570. The van der Waals surface area contributed by atoms with Crippen LogP contribution in [0.1, 0.15) is 32.3 Å². The second-order valence-corrected chi connectivity index (χ2v) is 6.21. The zero-order chi connectivity index (χ0) is 17.5. The third-order valence-electron chi connectivity index (χ3n) is 4.23. The van der Waals surface area contributed by atoms with E-state index < -0.39 is 5.79 Å². The number of imidazole rings is 1. The van der Waals surface area contributed by atoms with E-state index in [1.165, 1.54) is 5.39 Å². The molecule has 0 aliphatic carbocycles. The van der Waals surface area contributed by atoms with Gasteiger partial charge in [-0.05, 0) is 23.6 Å². The van der Waals surface area contributed by atoms with E-state index in [1.807, 2.05) is 17.1 Å². The van der Waals surface area contributed by atoms with Crippen LogP contribution >= 0.6 is 0 Å². The van der Waals surface area contributed by atoms with E-state index in [0.717, 1.165) is 23.8 Å². The standard InChI is InChI=1S/C21H26N2O2/c1-3-14-24-21(25-15-4-2,16-23-13-12-22-17-23)20-11-7-9-18-8-5-6-10-19(18)20/h5-13,17H,3-4,14-16H2,1-2H3. The normalized spacial score (nSPS) is 11.9. The highest BCUT2D eigenvalue weighted by Crippen LogP contribution is 2.35. The van der Waals surface area contributed by atoms with Gasteiger partial charge in [0.25, 0.3) is 0 Å². The van der Waals surface area contributed by atoms with Crippen LogP contribution in [0.15, 0.2) is 61.2 Å². The molecule has 132 valence electrons. The fourth-order valence-corrected chi connectivity index (χ4v) is 3.09. The number of ether oxygens (including phenoxy) is 2. The van der Waals surface area contributed by atoms with Crippen LogP contribution in [0.3, 0.4) is 0 Å². The van der Waals surface area contributed by atoms with Crippen LogP contribution in [0, 0.1) is 0 Å². The lowest BCUT2D eigenvalue weighted by molar-refractivity contribution is -0.254. The van der Waals surface area contributed by atoms with Gasteiger partial charge in [0.2, 0.25) is 5.79 Å². The second-order valence-electron chi connectivity index (χ2n) is 6.21. The van der Waals surface area contributed by atoms with Crippen molar-refractivity contribution in [1.82, 2.24) is 9.55 Å². The number of nitrogens with zero attached hydrogens (tertiary/aromatic N) is 2. The quantitative estimate of drug-likeness (QED) is 0.529. The first-order chi connectivity index (χ1) is 12.3. The first-order valence-electron chi connectivity index (χ1n) is 9.01. The number of hydrogen-bond acceptors (Lipinski definition) is 3. The molecule has 2 aromatic carbocycles. The van der Waals surface area contributed by atoms with E-state index in [2.05, 4.69) is 61.3 Å². The van der Waals surface area contributed by atoms with Crippen molar-refractivity contribution in [3.8, 4) is 0 Å². The number of aromatic nitrogens is 2. The minimum Gasteiger partial charge on any atom is -0.344 e. The molecule has 3 rings (SSSR count). The molecule has 0 bridgehead atoms. The molecule has 1 heterocycles. The highest BCUT2D eigenvalue weighted by molar-refractivity contribution is 5.86. The monoisotopic (exact) mass is 338 g/mol. The van der Waals surface area contributed by atoms with Crippen LogP contribution in [0.4, 0.5) is 0 Å². The van der Waals surface area contributed by atoms with Gasteiger partial charge < -0.3 is 14.0 Å². The van der Waals surface area contributed by atoms with E-state index >= 15 is 0 Å². The molecule has 0 atom stereocenters. The van der Waals surface area contributed by atoms with Crippen LogP contribution in [0.2, 0.25) is 0 Å². The number of benzene rings is 2. The zero-order valence-corrected chi connectivity index (χ0v) is 15.0. The van der Waals surface area contributed by atoms with Crippen LogP contribution in [-0.2, 0) is 21.8 Å². The average Bonchev–Trinajstić information content (AvgIpc) is 3.16. The summed E-state index contributed by atoms with van der Waals surface area (Å²) in [4.78, 5) is 4.17. The Bertz CT molecular complexity index is 770. The molecule has 0 unspecified atom stereocenters. The molecule has 0 amide bonds. The zero-order valence-electron chi connectivity index (χ0n) is 15.0. The van der Waals surface area contributed by atoms with E-state index in [0.29, 0.717) is 19.8 Å². The van der Waals surface area contributed by atoms with Gasteiger partial charge in [-0.2, -0.15) is 0 Å². The topological polar surface area (TPSA) is 36.3 Å². The van der Waals surface area contributed by atoms with Crippen molar-refractivity contribution < 1.29 is 9.47 Å². The predicted molar refractivity (Wildman–Crippen MR) is 100 cm³/mol. The molecule has 25 heavy (non-hydrogen) atoms. The largest absolute Gasteiger partial charge is 0.344 e. The molecule has 0 radical (unpaired) electrons. The van der Waals surface area contributed by atoms with Gasteiger partial charge in [0.1, 0.15) is 0 Å². The second kappa shape index (κ2) is 8.28. The Morgan fingerprint density at radius 2 is 1.68 bits per heavy atom. The van der Waals surface area contributed by atoms with Crippen molar-refractivity contribution in [2.75, 3.05) is 13.2 Å². The maximum atomic E-state index is 6.38. The summed E-state index contributed by atoms with van der Waals surface area (Å²) >= 11 is 0. The Balaban J connectivity index is 2.12. The Morgan fingerprint density at radius 3 is 2.36 bits per heavy atom. The summed E-state index contributed by atoms with van der Waals surface area (Å²) in [5.41, 5.74) is 1.07. The summed E-state index contributed by atoms with van der Waals surface area (Å²) in [5, 5.41) is 2.35. The number of hydrogen-bond donors (Lipinski definition) is 0. The van der Waals surface area contributed by atoms with Crippen molar-refractivity contribution in [3.63, 3.8) is 0 Å². The van der Waals surface area contributed by atoms with Crippen molar-refractivity contribution in [2.24, 2.45) is 0 Å². The van der Waals surface area contributed by atoms with Gasteiger partial charge in [-0.25, -0.2) is 4.98 Å². The Hall–Kier alpha value is -2.17. The molecular weight excluding hydrogens is 312 g/mol. The lowest BCUT2D eigenvalue weighted by Crippen LogP contribution is -2.38. The predicted octanol–water partition coefficient (Wildman–Crippen LogP) is 4.74. The molecule has 0 fully saturated rings. The van der Waals surface area contributed by atoms with Crippen LogP contribution < -0.4 is 0 Å². The highest BCUT2D eigenvalue weighted by atomic mass is 16.7. The maximum Gasteiger partial charge on any atom is 0.214 e. The Labute approximate surface area is 149 Å². The molecule has 0 N–H and O–H groups in total. The lowest BCUT2D eigenvalue weighted by atomic mass is 9.97. The van der Waals surface area contributed by atoms with Crippen LogP contribution in [0.25, 0.3) is 10.8 Å². The molecule has 1 aromatic heterocycles. The fourth-order valence-electron chi connectivity index (χ4n) is 3.09. The molecular formula is C21H26N2O2. The summed E-state index contributed by atoms with van der Waals surface area (Å²) < 4.78 is 14.8. The Morgan fingerprint density at radius 1 is 0.960 bits per heavy atom. The van der Waals surface area contributed by atoms with Gasteiger partial charge in [-0.1, -0.05) is 56.3 Å². The molecule has 4 nitrogen and oxygen atoms in total. The van der Waals surface area contributed by atoms with Gasteiger partial charge in [-0.3, -0.25) is 0 Å². The summed E-state index contributed by atoms with van der Waals surface area (Å²) in [7, 11) is 0. The third kappa shape index (κ3) is 3.91. The third-order valence-corrected chi connectivity index (χ3v) is 4.23. The lowest BCUT2D eigenvalue weighted by Gasteiger charge is -2.35. The average molecular weight is 338 g/mol. The SMILES string of the molecule is CCCOC(Cn1ccnc1)(OCCC)c1cccc2ccccc12. The van der Waals surface area contributed by atoms with Crippen LogP contribution in [-0.4, -0.2) is 22.8 Å². The van der Waals surface area contributed by atoms with Crippen molar-refractivity contribution in [2.45, 2.75) is 39.0 Å². The molecule has 0 aliphatic heterocycles. The molecule has 0 saturated carbocycles. The summed E-state index contributed by atoms with van der Waals surface area (Å²) in [6, 6.07) is 14.7. The van der Waals surface area contributed by atoms with Gasteiger partial charge in [0.05, 0.1) is 26.1 Å². The van der Waals surface area contributed by atoms with Gasteiger partial charge in [-0.15, -0.1) is 0 Å². The van der Waals surface area contributed by atoms with E-state index in [-0.39, 0.29) is 0 Å². The first-order valence-corrected chi connectivity index (χ1v) is 9.01. The fraction of sp³-hybridized carbons (Fsp3) is 0.381. The summed E-state index contributed by atoms with van der Waals surface area (Å²) in [6.07, 6.45) is 7.42. The maximum absolute atomic E-state index is 6.38. The van der Waals surface area contributed by atoms with Crippen LogP contribution in [0.5, 0.6) is 0 Å². The summed E-state index contributed by atoms with van der Waals surface area (Å²) in [6.45, 7) is 6.08. The van der Waals surface area contributed by atoms with E-state index in [9.17, 15) is 0 Å². The van der Waals surface area contributed by atoms with Crippen molar-refractivity contribution >= 4 is 10.8 Å². The van der Waals surface area contributed by atoms with Gasteiger partial charge in [0.15, 0.2) is 0 Å². The van der Waals surface area contributed by atoms with Gasteiger partial charge in [0, 0.05) is 18.0 Å². The molecule has 0 aliphatic rings. The Kier molecular flexibility index (Phi) is 5.84. The minimum atomic E-state index is -0.826. The first kappa shape index (κ1) is 17.6. The smallest absolute Gasteiger partial charge is 0.214 e. The number of rotatable bonds is 9. The summed E-state index contributed by atoms with van der Waals surface area (Å²) in [5.74, 6) is -0.826. The number of fused-ring (bicyclic) bond motifs is 1. The van der Waals surface area contributed by atoms with Gasteiger partial charge >= 0.3 is 0 Å². The van der Waals surface area contributed by atoms with E-state index in [4.69, 9.17) is 9.47 Å². The molecule has 0 spiro atoms. The highest BCUT2D eigenvalue weighted by Gasteiger charge is 2.36.